The number of carbonyl (C=O) groups is 2. The average Bonchev–Trinajstić information content (AvgIpc) is 3.09. The molecule has 2 aromatic rings. The number of aromatic nitrogens is 1. The number of carbonyl (C=O) groups excluding carboxylic acids is 2. The zero-order valence-corrected chi connectivity index (χ0v) is 14.1. The molecule has 2 amide bonds. The van der Waals surface area contributed by atoms with Crippen LogP contribution in [0, 0.1) is 0 Å². The van der Waals surface area contributed by atoms with Gasteiger partial charge in [0.2, 0.25) is 5.91 Å². The first-order valence-corrected chi connectivity index (χ1v) is 8.89. The maximum atomic E-state index is 12.3. The summed E-state index contributed by atoms with van der Waals surface area (Å²) in [5.41, 5.74) is 1.53. The number of hydrogen-bond acceptors (Lipinski definition) is 5. The molecule has 1 aromatic heterocycles. The van der Waals surface area contributed by atoms with Gasteiger partial charge < -0.3 is 15.5 Å². The topological polar surface area (TPSA) is 74.3 Å². The van der Waals surface area contributed by atoms with Gasteiger partial charge >= 0.3 is 0 Å². The third-order valence-electron chi connectivity index (χ3n) is 3.86. The minimum atomic E-state index is -0.0885. The molecule has 0 spiro atoms. The molecule has 0 atom stereocenters. The Labute approximate surface area is 144 Å². The van der Waals surface area contributed by atoms with E-state index in [4.69, 9.17) is 0 Å². The van der Waals surface area contributed by atoms with Crippen molar-refractivity contribution >= 4 is 28.3 Å². The molecule has 1 aliphatic rings. The Balaban J connectivity index is 1.51. The van der Waals surface area contributed by atoms with Crippen LogP contribution in [-0.4, -0.2) is 47.9 Å². The zero-order valence-electron chi connectivity index (χ0n) is 13.3. The second-order valence-electron chi connectivity index (χ2n) is 5.61. The first-order chi connectivity index (χ1) is 11.7. The number of nitrogens with zero attached hydrogens (tertiary/aromatic N) is 2. The van der Waals surface area contributed by atoms with Gasteiger partial charge in [0, 0.05) is 38.0 Å². The van der Waals surface area contributed by atoms with Crippen molar-refractivity contribution in [1.82, 2.24) is 15.2 Å². The number of benzene rings is 1. The minimum Gasteiger partial charge on any atom is -0.335 e. The largest absolute Gasteiger partial charge is 0.335 e. The van der Waals surface area contributed by atoms with E-state index in [1.54, 1.807) is 10.3 Å². The normalized spacial score (nSPS) is 14.4. The van der Waals surface area contributed by atoms with Crippen molar-refractivity contribution in [3.05, 3.63) is 47.0 Å². The quantitative estimate of drug-likeness (QED) is 0.867. The Morgan fingerprint density at radius 3 is 2.71 bits per heavy atom. The van der Waals surface area contributed by atoms with Crippen LogP contribution < -0.4 is 10.6 Å². The van der Waals surface area contributed by atoms with E-state index >= 15 is 0 Å². The fraction of sp³-hybridized carbons (Fsp3) is 0.353. The van der Waals surface area contributed by atoms with E-state index in [1.165, 1.54) is 11.3 Å². The van der Waals surface area contributed by atoms with E-state index in [2.05, 4.69) is 15.6 Å². The molecule has 0 saturated carbocycles. The molecular formula is C17H20N4O2S. The number of thiazole rings is 1. The van der Waals surface area contributed by atoms with Crippen molar-refractivity contribution < 1.29 is 9.59 Å². The maximum absolute atomic E-state index is 12.3. The molecular weight excluding hydrogens is 324 g/mol. The van der Waals surface area contributed by atoms with Gasteiger partial charge in [-0.1, -0.05) is 30.3 Å². The smallest absolute Gasteiger partial charge is 0.273 e. The van der Waals surface area contributed by atoms with E-state index < -0.39 is 0 Å². The highest BCUT2D eigenvalue weighted by molar-refractivity contribution is 7.14. The molecule has 3 rings (SSSR count). The van der Waals surface area contributed by atoms with Crippen LogP contribution in [-0.2, 0) is 11.2 Å². The lowest BCUT2D eigenvalue weighted by Crippen LogP contribution is -2.46. The number of amides is 2. The molecule has 6 nitrogen and oxygen atoms in total. The molecule has 2 N–H and O–H groups in total. The molecule has 0 aliphatic carbocycles. The van der Waals surface area contributed by atoms with Crippen molar-refractivity contribution in [3.63, 3.8) is 0 Å². The van der Waals surface area contributed by atoms with E-state index in [-0.39, 0.29) is 11.8 Å². The van der Waals surface area contributed by atoms with Gasteiger partial charge in [-0.15, -0.1) is 11.3 Å². The lowest BCUT2D eigenvalue weighted by Gasteiger charge is -2.26. The molecule has 0 unspecified atom stereocenters. The predicted octanol–water partition coefficient (Wildman–Crippen LogP) is 1.76. The van der Waals surface area contributed by atoms with Gasteiger partial charge in [0.1, 0.15) is 5.69 Å². The summed E-state index contributed by atoms with van der Waals surface area (Å²) in [4.78, 5) is 30.4. The Kier molecular flexibility index (Phi) is 5.55. The van der Waals surface area contributed by atoms with Crippen LogP contribution in [0.4, 0.5) is 5.13 Å². The van der Waals surface area contributed by atoms with E-state index in [9.17, 15) is 9.59 Å². The van der Waals surface area contributed by atoms with Crippen molar-refractivity contribution in [2.75, 3.05) is 31.5 Å². The molecule has 1 fully saturated rings. The first-order valence-electron chi connectivity index (χ1n) is 8.01. The van der Waals surface area contributed by atoms with Crippen LogP contribution in [0.1, 0.15) is 22.5 Å². The fourth-order valence-electron chi connectivity index (χ4n) is 2.54. The van der Waals surface area contributed by atoms with Gasteiger partial charge in [0.05, 0.1) is 0 Å². The van der Waals surface area contributed by atoms with Crippen molar-refractivity contribution in [2.45, 2.75) is 12.8 Å². The average molecular weight is 344 g/mol. The third kappa shape index (κ3) is 4.39. The molecule has 0 bridgehead atoms. The van der Waals surface area contributed by atoms with Crippen LogP contribution >= 0.6 is 11.3 Å². The standard InChI is InChI=1S/C17H20N4O2S/c22-15(7-6-13-4-2-1-3-5-13)20-17-19-14(12-24-17)16(23)21-10-8-18-9-11-21/h1-5,12,18H,6-11H2,(H,19,20,22). The van der Waals surface area contributed by atoms with Gasteiger partial charge in [0.15, 0.2) is 5.13 Å². The number of rotatable bonds is 5. The molecule has 2 heterocycles. The van der Waals surface area contributed by atoms with Gasteiger partial charge in [-0.05, 0) is 12.0 Å². The summed E-state index contributed by atoms with van der Waals surface area (Å²) in [6, 6.07) is 9.88. The van der Waals surface area contributed by atoms with Crippen molar-refractivity contribution in [1.29, 1.82) is 0 Å². The number of nitrogens with one attached hydrogen (secondary N) is 2. The molecule has 0 radical (unpaired) electrons. The van der Waals surface area contributed by atoms with Crippen LogP contribution in [0.3, 0.4) is 0 Å². The molecule has 24 heavy (non-hydrogen) atoms. The summed E-state index contributed by atoms with van der Waals surface area (Å²) in [5, 5.41) is 8.17. The fourth-order valence-corrected chi connectivity index (χ4v) is 3.24. The van der Waals surface area contributed by atoms with Crippen molar-refractivity contribution in [2.24, 2.45) is 0 Å². The van der Waals surface area contributed by atoms with E-state index in [0.29, 0.717) is 36.8 Å². The van der Waals surface area contributed by atoms with E-state index in [0.717, 1.165) is 18.7 Å². The Morgan fingerprint density at radius 2 is 1.96 bits per heavy atom. The summed E-state index contributed by atoms with van der Waals surface area (Å²) in [6.07, 6.45) is 1.08. The summed E-state index contributed by atoms with van der Waals surface area (Å²) in [5.74, 6) is -0.160. The summed E-state index contributed by atoms with van der Waals surface area (Å²) in [6.45, 7) is 2.99. The zero-order chi connectivity index (χ0) is 16.8. The second-order valence-corrected chi connectivity index (χ2v) is 6.47. The first kappa shape index (κ1) is 16.6. The highest BCUT2D eigenvalue weighted by atomic mass is 32.1. The summed E-state index contributed by atoms with van der Waals surface area (Å²) in [7, 11) is 0. The Morgan fingerprint density at radius 1 is 1.21 bits per heavy atom. The van der Waals surface area contributed by atoms with Crippen LogP contribution in [0.15, 0.2) is 35.7 Å². The molecule has 1 aromatic carbocycles. The lowest BCUT2D eigenvalue weighted by atomic mass is 10.1. The SMILES string of the molecule is O=C(CCc1ccccc1)Nc1nc(C(=O)N2CCNCC2)cs1. The Bertz CT molecular complexity index is 696. The highest BCUT2D eigenvalue weighted by Gasteiger charge is 2.20. The number of aryl methyl sites for hydroxylation is 1. The Hall–Kier alpha value is -2.25. The lowest BCUT2D eigenvalue weighted by molar-refractivity contribution is -0.116. The highest BCUT2D eigenvalue weighted by Crippen LogP contribution is 2.17. The minimum absolute atomic E-state index is 0.0717. The molecule has 1 saturated heterocycles. The third-order valence-corrected chi connectivity index (χ3v) is 4.62. The number of piperazine rings is 1. The second kappa shape index (κ2) is 8.03. The van der Waals surface area contributed by atoms with Crippen molar-refractivity contribution in [3.8, 4) is 0 Å². The van der Waals surface area contributed by atoms with Crippen LogP contribution in [0.2, 0.25) is 0 Å². The van der Waals surface area contributed by atoms with Gasteiger partial charge in [-0.2, -0.15) is 0 Å². The van der Waals surface area contributed by atoms with E-state index in [1.807, 2.05) is 30.3 Å². The van der Waals surface area contributed by atoms with Gasteiger partial charge in [0.25, 0.3) is 5.91 Å². The molecule has 126 valence electrons. The summed E-state index contributed by atoms with van der Waals surface area (Å²) >= 11 is 1.29. The van der Waals surface area contributed by atoms with Crippen LogP contribution in [0.5, 0.6) is 0 Å². The van der Waals surface area contributed by atoms with Crippen LogP contribution in [0.25, 0.3) is 0 Å². The maximum Gasteiger partial charge on any atom is 0.273 e. The number of hydrogen-bond donors (Lipinski definition) is 2. The predicted molar refractivity (Wildman–Crippen MR) is 94.3 cm³/mol. The monoisotopic (exact) mass is 344 g/mol. The van der Waals surface area contributed by atoms with Gasteiger partial charge in [-0.3, -0.25) is 9.59 Å². The summed E-state index contributed by atoms with van der Waals surface area (Å²) < 4.78 is 0. The molecule has 1 aliphatic heterocycles. The number of anilines is 1. The van der Waals surface area contributed by atoms with Gasteiger partial charge in [-0.25, -0.2) is 4.98 Å². The molecule has 7 heteroatoms.